The predicted octanol–water partition coefficient (Wildman–Crippen LogP) is 5.25. The van der Waals surface area contributed by atoms with Gasteiger partial charge in [0.25, 0.3) is 0 Å². The Morgan fingerprint density at radius 3 is 2.17 bits per heavy atom. The molecule has 3 rings (SSSR count). The highest BCUT2D eigenvalue weighted by Crippen LogP contribution is 2.30. The number of anilines is 1. The number of aryl methyl sites for hydroxylation is 1. The van der Waals surface area contributed by atoms with Gasteiger partial charge in [0.15, 0.2) is 0 Å². The fourth-order valence-corrected chi connectivity index (χ4v) is 4.02. The van der Waals surface area contributed by atoms with Gasteiger partial charge >= 0.3 is 0 Å². The van der Waals surface area contributed by atoms with E-state index in [9.17, 15) is 9.59 Å². The lowest BCUT2D eigenvalue weighted by Crippen LogP contribution is -2.50. The summed E-state index contributed by atoms with van der Waals surface area (Å²) in [5, 5.41) is 2.97. The largest absolute Gasteiger partial charge is 0.497 e. The van der Waals surface area contributed by atoms with E-state index in [1.54, 1.807) is 30.2 Å². The van der Waals surface area contributed by atoms with Crippen molar-refractivity contribution < 1.29 is 19.1 Å². The second-order valence-electron chi connectivity index (χ2n) is 8.91. The van der Waals surface area contributed by atoms with Crippen LogP contribution in [0.4, 0.5) is 5.69 Å². The number of rotatable bonds is 10. The molecular formula is C29H34N2O4. The summed E-state index contributed by atoms with van der Waals surface area (Å²) in [6, 6.07) is 22.2. The first-order valence-electron chi connectivity index (χ1n) is 11.7. The number of hydrogen-bond donors (Lipinski definition) is 1. The van der Waals surface area contributed by atoms with Crippen molar-refractivity contribution in [2.75, 3.05) is 19.5 Å². The minimum absolute atomic E-state index is 0.104. The van der Waals surface area contributed by atoms with Crippen LogP contribution in [-0.4, -0.2) is 37.0 Å². The van der Waals surface area contributed by atoms with Crippen LogP contribution in [0.25, 0.3) is 0 Å². The molecule has 0 spiro atoms. The Labute approximate surface area is 207 Å². The van der Waals surface area contributed by atoms with E-state index in [0.29, 0.717) is 23.7 Å². The van der Waals surface area contributed by atoms with Crippen LogP contribution in [0.2, 0.25) is 0 Å². The molecule has 0 fully saturated rings. The molecule has 1 unspecified atom stereocenters. The smallest absolute Gasteiger partial charge is 0.247 e. The molecule has 2 amide bonds. The molecule has 1 atom stereocenters. The number of methoxy groups -OCH3 is 2. The quantitative estimate of drug-likeness (QED) is 0.436. The fourth-order valence-electron chi connectivity index (χ4n) is 4.02. The maximum absolute atomic E-state index is 13.6. The van der Waals surface area contributed by atoms with Crippen molar-refractivity contribution in [1.29, 1.82) is 0 Å². The van der Waals surface area contributed by atoms with E-state index in [1.165, 1.54) is 7.11 Å². The molecule has 3 aromatic carbocycles. The second-order valence-corrected chi connectivity index (χ2v) is 8.91. The molecule has 3 aromatic rings. The first-order chi connectivity index (χ1) is 16.8. The van der Waals surface area contributed by atoms with Gasteiger partial charge in [0, 0.05) is 12.6 Å². The number of nitrogens with one attached hydrogen (secondary N) is 1. The van der Waals surface area contributed by atoms with Gasteiger partial charge in [-0.25, -0.2) is 0 Å². The molecule has 0 bridgehead atoms. The first-order valence-corrected chi connectivity index (χ1v) is 11.7. The van der Waals surface area contributed by atoms with Gasteiger partial charge in [-0.1, -0.05) is 74.0 Å². The maximum atomic E-state index is 13.6. The molecule has 6 nitrogen and oxygen atoms in total. The summed E-state index contributed by atoms with van der Waals surface area (Å²) in [7, 11) is 3.11. The van der Waals surface area contributed by atoms with E-state index in [2.05, 4.69) is 5.32 Å². The van der Waals surface area contributed by atoms with Gasteiger partial charge in [-0.2, -0.15) is 0 Å². The van der Waals surface area contributed by atoms with Gasteiger partial charge in [-0.3, -0.25) is 9.59 Å². The lowest BCUT2D eigenvalue weighted by molar-refractivity contribution is -0.140. The van der Waals surface area contributed by atoms with E-state index >= 15 is 0 Å². The topological polar surface area (TPSA) is 67.9 Å². The average Bonchev–Trinajstić information content (AvgIpc) is 2.85. The van der Waals surface area contributed by atoms with Gasteiger partial charge < -0.3 is 19.7 Å². The lowest BCUT2D eigenvalue weighted by Gasteiger charge is -2.34. The van der Waals surface area contributed by atoms with Crippen LogP contribution in [0, 0.1) is 12.8 Å². The Kier molecular flexibility index (Phi) is 8.90. The molecule has 6 heteroatoms. The molecule has 0 aliphatic heterocycles. The van der Waals surface area contributed by atoms with E-state index < -0.39 is 6.04 Å². The maximum Gasteiger partial charge on any atom is 0.247 e. The van der Waals surface area contributed by atoms with Crippen molar-refractivity contribution in [3.05, 3.63) is 89.5 Å². The third-order valence-corrected chi connectivity index (χ3v) is 5.89. The summed E-state index contributed by atoms with van der Waals surface area (Å²) in [5.41, 5.74) is 3.54. The lowest BCUT2D eigenvalue weighted by atomic mass is 9.98. The van der Waals surface area contributed by atoms with E-state index in [-0.39, 0.29) is 24.2 Å². The minimum atomic E-state index is -0.681. The van der Waals surface area contributed by atoms with Crippen LogP contribution in [-0.2, 0) is 22.6 Å². The van der Waals surface area contributed by atoms with Gasteiger partial charge in [0.2, 0.25) is 11.8 Å². The molecule has 184 valence electrons. The highest BCUT2D eigenvalue weighted by molar-refractivity contribution is 5.98. The summed E-state index contributed by atoms with van der Waals surface area (Å²) < 4.78 is 10.7. The van der Waals surface area contributed by atoms with Crippen molar-refractivity contribution in [2.45, 2.75) is 39.8 Å². The zero-order valence-corrected chi connectivity index (χ0v) is 21.1. The van der Waals surface area contributed by atoms with E-state index in [0.717, 1.165) is 16.7 Å². The van der Waals surface area contributed by atoms with E-state index in [1.807, 2.05) is 75.4 Å². The second kappa shape index (κ2) is 12.1. The van der Waals surface area contributed by atoms with Crippen LogP contribution in [0.3, 0.4) is 0 Å². The molecule has 0 saturated carbocycles. The third kappa shape index (κ3) is 6.85. The van der Waals surface area contributed by atoms with Crippen molar-refractivity contribution in [3.63, 3.8) is 0 Å². The minimum Gasteiger partial charge on any atom is -0.497 e. The molecule has 0 aliphatic rings. The molecule has 0 heterocycles. The van der Waals surface area contributed by atoms with Gasteiger partial charge in [0.1, 0.15) is 17.5 Å². The number of hydrogen-bond acceptors (Lipinski definition) is 4. The zero-order valence-electron chi connectivity index (χ0n) is 21.1. The van der Waals surface area contributed by atoms with Crippen molar-refractivity contribution in [2.24, 2.45) is 5.92 Å². The summed E-state index contributed by atoms with van der Waals surface area (Å²) in [6.45, 7) is 6.26. The summed E-state index contributed by atoms with van der Waals surface area (Å²) >= 11 is 0. The SMILES string of the molecule is COc1ccc(NC(=O)C(C(C)C)N(Cc2ccc(C)cc2)C(=O)Cc2ccccc2)c(OC)c1. The standard InChI is InChI=1S/C29H34N2O4/c1-20(2)28(29(33)30-25-16-15-24(34-4)18-26(25)35-5)31(19-23-13-11-21(3)12-14-23)27(32)17-22-9-7-6-8-10-22/h6-16,18,20,28H,17,19H2,1-5H3,(H,30,33). The molecule has 0 aliphatic carbocycles. The van der Waals surface area contributed by atoms with Gasteiger partial charge in [-0.05, 0) is 36.1 Å². The normalized spacial score (nSPS) is 11.6. The monoisotopic (exact) mass is 474 g/mol. The van der Waals surface area contributed by atoms with Crippen LogP contribution in [0.15, 0.2) is 72.8 Å². The highest BCUT2D eigenvalue weighted by Gasteiger charge is 2.33. The van der Waals surface area contributed by atoms with Crippen molar-refractivity contribution >= 4 is 17.5 Å². The number of ether oxygens (including phenoxy) is 2. The zero-order chi connectivity index (χ0) is 25.4. The average molecular weight is 475 g/mol. The first kappa shape index (κ1) is 25.8. The molecule has 0 saturated heterocycles. The highest BCUT2D eigenvalue weighted by atomic mass is 16.5. The number of benzene rings is 3. The molecule has 35 heavy (non-hydrogen) atoms. The summed E-state index contributed by atoms with van der Waals surface area (Å²) in [5.74, 6) is 0.619. The van der Waals surface area contributed by atoms with Crippen molar-refractivity contribution in [1.82, 2.24) is 4.90 Å². The Morgan fingerprint density at radius 1 is 0.886 bits per heavy atom. The summed E-state index contributed by atoms with van der Waals surface area (Å²) in [6.07, 6.45) is 0.217. The van der Waals surface area contributed by atoms with Crippen LogP contribution in [0.5, 0.6) is 11.5 Å². The van der Waals surface area contributed by atoms with Gasteiger partial charge in [-0.15, -0.1) is 0 Å². The Bertz CT molecular complexity index is 1130. The molecule has 0 aromatic heterocycles. The number of carbonyl (C=O) groups is 2. The Morgan fingerprint density at radius 2 is 1.57 bits per heavy atom. The van der Waals surface area contributed by atoms with Crippen LogP contribution in [0.1, 0.15) is 30.5 Å². The molecule has 0 radical (unpaired) electrons. The number of carbonyl (C=O) groups excluding carboxylic acids is 2. The van der Waals surface area contributed by atoms with Gasteiger partial charge in [0.05, 0.1) is 26.3 Å². The summed E-state index contributed by atoms with van der Waals surface area (Å²) in [4.78, 5) is 28.9. The fraction of sp³-hybridized carbons (Fsp3) is 0.310. The number of nitrogens with zero attached hydrogens (tertiary/aromatic N) is 1. The molecular weight excluding hydrogens is 440 g/mol. The predicted molar refractivity (Wildman–Crippen MR) is 139 cm³/mol. The van der Waals surface area contributed by atoms with Crippen LogP contribution < -0.4 is 14.8 Å². The Balaban J connectivity index is 1.92. The Hall–Kier alpha value is -3.80. The van der Waals surface area contributed by atoms with E-state index in [4.69, 9.17) is 9.47 Å². The third-order valence-electron chi connectivity index (χ3n) is 5.89. The molecule has 1 N–H and O–H groups in total. The van der Waals surface area contributed by atoms with Crippen molar-refractivity contribution in [3.8, 4) is 11.5 Å². The number of amides is 2. The van der Waals surface area contributed by atoms with Crippen LogP contribution >= 0.6 is 0 Å².